The van der Waals surface area contributed by atoms with E-state index in [-0.39, 0.29) is 29.5 Å². The van der Waals surface area contributed by atoms with Crippen molar-refractivity contribution in [1.82, 2.24) is 20.1 Å². The van der Waals surface area contributed by atoms with Crippen LogP contribution in [0, 0.1) is 19.8 Å². The first-order valence-corrected chi connectivity index (χ1v) is 12.7. The molecule has 0 aliphatic heterocycles. The van der Waals surface area contributed by atoms with Crippen molar-refractivity contribution in [3.8, 4) is 0 Å². The normalized spacial score (nSPS) is 11.8. The quantitative estimate of drug-likeness (QED) is 0.273. The number of nitrogens with zero attached hydrogens (tertiary/aromatic N) is 3. The molecule has 0 unspecified atom stereocenters. The number of thioether (sulfide) groups is 1. The third-order valence-corrected chi connectivity index (χ3v) is 6.60. The second-order valence-electron chi connectivity index (χ2n) is 8.60. The molecule has 1 aromatic heterocycles. The van der Waals surface area contributed by atoms with E-state index in [1.807, 2.05) is 44.4 Å². The van der Waals surface area contributed by atoms with Gasteiger partial charge in [0.05, 0.1) is 11.8 Å². The van der Waals surface area contributed by atoms with E-state index >= 15 is 0 Å². The zero-order valence-corrected chi connectivity index (χ0v) is 21.9. The van der Waals surface area contributed by atoms with Gasteiger partial charge < -0.3 is 15.2 Å². The summed E-state index contributed by atoms with van der Waals surface area (Å²) in [4.78, 5) is 25.5. The summed E-state index contributed by atoms with van der Waals surface area (Å²) in [6.45, 7) is 12.2. The smallest absolute Gasteiger partial charge is 0.251 e. The van der Waals surface area contributed by atoms with Crippen LogP contribution in [-0.4, -0.2) is 32.3 Å². The maximum Gasteiger partial charge on any atom is 0.251 e. The van der Waals surface area contributed by atoms with E-state index in [2.05, 4.69) is 27.4 Å². The van der Waals surface area contributed by atoms with Crippen molar-refractivity contribution in [3.05, 3.63) is 82.7 Å². The van der Waals surface area contributed by atoms with Crippen LogP contribution < -0.4 is 10.6 Å². The maximum atomic E-state index is 12.9. The lowest BCUT2D eigenvalue weighted by molar-refractivity contribution is -0.113. The van der Waals surface area contributed by atoms with Crippen LogP contribution >= 0.6 is 23.4 Å². The molecule has 1 heterocycles. The summed E-state index contributed by atoms with van der Waals surface area (Å²) in [5.41, 5.74) is 3.27. The first kappa shape index (κ1) is 26.5. The van der Waals surface area contributed by atoms with Gasteiger partial charge in [-0.15, -0.1) is 16.8 Å². The van der Waals surface area contributed by atoms with Gasteiger partial charge in [0.1, 0.15) is 0 Å². The largest absolute Gasteiger partial charge is 0.342 e. The number of aryl methyl sites for hydroxylation is 2. The van der Waals surface area contributed by atoms with Crippen LogP contribution in [-0.2, 0) is 11.3 Å². The molecule has 0 saturated carbocycles. The molecule has 0 spiro atoms. The van der Waals surface area contributed by atoms with Gasteiger partial charge in [0.15, 0.2) is 11.0 Å². The maximum absolute atomic E-state index is 12.9. The fourth-order valence-electron chi connectivity index (χ4n) is 3.48. The van der Waals surface area contributed by atoms with E-state index in [9.17, 15) is 9.59 Å². The molecule has 7 nitrogen and oxygen atoms in total. The minimum atomic E-state index is -0.365. The summed E-state index contributed by atoms with van der Waals surface area (Å²) in [6, 6.07) is 12.4. The predicted molar refractivity (Wildman–Crippen MR) is 142 cm³/mol. The van der Waals surface area contributed by atoms with Gasteiger partial charge in [-0.3, -0.25) is 9.59 Å². The second kappa shape index (κ2) is 12.0. The topological polar surface area (TPSA) is 88.9 Å². The molecule has 35 heavy (non-hydrogen) atoms. The van der Waals surface area contributed by atoms with Crippen molar-refractivity contribution in [2.45, 2.75) is 45.4 Å². The summed E-state index contributed by atoms with van der Waals surface area (Å²) < 4.78 is 1.89. The number of amides is 2. The molecule has 2 amide bonds. The van der Waals surface area contributed by atoms with Crippen molar-refractivity contribution in [2.24, 2.45) is 5.92 Å². The van der Waals surface area contributed by atoms with Gasteiger partial charge in [-0.1, -0.05) is 61.0 Å². The zero-order valence-electron chi connectivity index (χ0n) is 20.3. The molecule has 3 rings (SSSR count). The van der Waals surface area contributed by atoms with Crippen LogP contribution in [0.1, 0.15) is 47.2 Å². The van der Waals surface area contributed by atoms with Crippen LogP contribution in [0.2, 0.25) is 5.02 Å². The summed E-state index contributed by atoms with van der Waals surface area (Å²) in [6.07, 6.45) is 1.74. The highest BCUT2D eigenvalue weighted by molar-refractivity contribution is 7.99. The number of benzene rings is 2. The molecule has 2 aromatic carbocycles. The summed E-state index contributed by atoms with van der Waals surface area (Å²) in [5.74, 6) is 0.495. The van der Waals surface area contributed by atoms with Crippen molar-refractivity contribution >= 4 is 40.9 Å². The Balaban J connectivity index is 1.75. The summed E-state index contributed by atoms with van der Waals surface area (Å²) >= 11 is 7.28. The van der Waals surface area contributed by atoms with Crippen LogP contribution in [0.25, 0.3) is 0 Å². The number of nitrogens with one attached hydrogen (secondary N) is 2. The highest BCUT2D eigenvalue weighted by Gasteiger charge is 2.26. The highest BCUT2D eigenvalue weighted by Crippen LogP contribution is 2.26. The average Bonchev–Trinajstić information content (AvgIpc) is 3.20. The van der Waals surface area contributed by atoms with Crippen LogP contribution in [0.3, 0.4) is 0 Å². The molecular formula is C26H30ClN5O2S. The molecular weight excluding hydrogens is 482 g/mol. The van der Waals surface area contributed by atoms with Crippen LogP contribution in [0.5, 0.6) is 0 Å². The van der Waals surface area contributed by atoms with Crippen molar-refractivity contribution < 1.29 is 9.59 Å². The Morgan fingerprint density at radius 2 is 1.86 bits per heavy atom. The Labute approximate surface area is 215 Å². The molecule has 184 valence electrons. The van der Waals surface area contributed by atoms with E-state index in [0.717, 1.165) is 11.1 Å². The number of anilines is 1. The number of allylic oxidation sites excluding steroid dienone is 1. The third-order valence-electron chi connectivity index (χ3n) is 5.40. The standard InChI is InChI=1S/C26H30ClN5O2S/c1-6-13-32-24(23(16(2)3)29-25(34)19-9-7-17(4)8-10-19)30-31-26(32)35-15-22(33)28-21-12-11-20(27)14-18(21)5/h6-12,14,16,23H,1,13,15H2,2-5H3,(H,28,33)(H,29,34)/t23-/m0/s1. The molecule has 2 N–H and O–H groups in total. The monoisotopic (exact) mass is 511 g/mol. The molecule has 0 bridgehead atoms. The number of halogens is 1. The number of aromatic nitrogens is 3. The lowest BCUT2D eigenvalue weighted by Crippen LogP contribution is -2.33. The fourth-order valence-corrected chi connectivity index (χ4v) is 4.46. The predicted octanol–water partition coefficient (Wildman–Crippen LogP) is 5.59. The third kappa shape index (κ3) is 6.96. The lowest BCUT2D eigenvalue weighted by atomic mass is 10.0. The van der Waals surface area contributed by atoms with E-state index in [1.54, 1.807) is 36.4 Å². The van der Waals surface area contributed by atoms with Gasteiger partial charge in [-0.05, 0) is 55.7 Å². The summed E-state index contributed by atoms with van der Waals surface area (Å²) in [7, 11) is 0. The average molecular weight is 512 g/mol. The number of hydrogen-bond acceptors (Lipinski definition) is 5. The van der Waals surface area contributed by atoms with E-state index < -0.39 is 0 Å². The highest BCUT2D eigenvalue weighted by atomic mass is 35.5. The molecule has 0 aliphatic rings. The van der Waals surface area contributed by atoms with Crippen LogP contribution in [0.4, 0.5) is 5.69 Å². The molecule has 0 radical (unpaired) electrons. The molecule has 1 atom stereocenters. The van der Waals surface area contributed by atoms with Gasteiger partial charge in [-0.25, -0.2) is 0 Å². The SMILES string of the molecule is C=CCn1c(SCC(=O)Nc2ccc(Cl)cc2C)nnc1[C@@H](NC(=O)c1ccc(C)cc1)C(C)C. The number of hydrogen-bond donors (Lipinski definition) is 2. The first-order chi connectivity index (χ1) is 16.7. The van der Waals surface area contributed by atoms with Crippen molar-refractivity contribution in [2.75, 3.05) is 11.1 Å². The number of carbonyl (C=O) groups excluding carboxylic acids is 2. The Morgan fingerprint density at radius 3 is 2.49 bits per heavy atom. The van der Waals surface area contributed by atoms with E-state index in [4.69, 9.17) is 11.6 Å². The van der Waals surface area contributed by atoms with Gasteiger partial charge in [0.2, 0.25) is 5.91 Å². The lowest BCUT2D eigenvalue weighted by Gasteiger charge is -2.22. The minimum absolute atomic E-state index is 0.0613. The molecule has 0 aliphatic carbocycles. The molecule has 9 heteroatoms. The zero-order chi connectivity index (χ0) is 25.5. The van der Waals surface area contributed by atoms with Gasteiger partial charge in [-0.2, -0.15) is 0 Å². The van der Waals surface area contributed by atoms with Crippen LogP contribution in [0.15, 0.2) is 60.3 Å². The Bertz CT molecular complexity index is 1210. The minimum Gasteiger partial charge on any atom is -0.342 e. The van der Waals surface area contributed by atoms with E-state index in [1.165, 1.54) is 11.8 Å². The summed E-state index contributed by atoms with van der Waals surface area (Å²) in [5, 5.41) is 15.9. The van der Waals surface area contributed by atoms with E-state index in [0.29, 0.717) is 33.8 Å². The Morgan fingerprint density at radius 1 is 1.14 bits per heavy atom. The van der Waals surface area contributed by atoms with Gasteiger partial charge >= 0.3 is 0 Å². The molecule has 3 aromatic rings. The second-order valence-corrected chi connectivity index (χ2v) is 9.98. The Hall–Kier alpha value is -3.10. The van der Waals surface area contributed by atoms with Gasteiger partial charge in [0.25, 0.3) is 5.91 Å². The van der Waals surface area contributed by atoms with Crippen molar-refractivity contribution in [3.63, 3.8) is 0 Å². The Kier molecular flexibility index (Phi) is 9.12. The first-order valence-electron chi connectivity index (χ1n) is 11.3. The molecule has 0 saturated heterocycles. The fraction of sp³-hybridized carbons (Fsp3) is 0.308. The molecule has 0 fully saturated rings. The number of carbonyl (C=O) groups is 2. The van der Waals surface area contributed by atoms with Crippen molar-refractivity contribution in [1.29, 1.82) is 0 Å². The van der Waals surface area contributed by atoms with Gasteiger partial charge in [0, 0.05) is 22.8 Å². The number of rotatable bonds is 10.